The number of unbranched alkanes of at least 4 members (excludes halogenated alkanes) is 2. The third-order valence-corrected chi connectivity index (χ3v) is 6.59. The average molecular weight is 420 g/mol. The third kappa shape index (κ3) is 6.93. The Bertz CT molecular complexity index is 677. The molecule has 2 saturated carbocycles. The highest BCUT2D eigenvalue weighted by Gasteiger charge is 2.44. The van der Waals surface area contributed by atoms with Crippen molar-refractivity contribution in [3.05, 3.63) is 29.8 Å². The van der Waals surface area contributed by atoms with E-state index in [4.69, 9.17) is 4.74 Å². The van der Waals surface area contributed by atoms with Crippen molar-refractivity contribution >= 4 is 24.3 Å². The molecule has 0 bridgehead atoms. The molecule has 1 aromatic carbocycles. The van der Waals surface area contributed by atoms with Gasteiger partial charge in [0.15, 0.2) is 0 Å². The summed E-state index contributed by atoms with van der Waals surface area (Å²) in [4.78, 5) is 23.9. The van der Waals surface area contributed by atoms with Crippen LogP contribution in [0, 0.1) is 5.92 Å². The monoisotopic (exact) mass is 419 g/mol. The fourth-order valence-electron chi connectivity index (χ4n) is 3.32. The molecule has 0 spiro atoms. The van der Waals surface area contributed by atoms with E-state index in [2.05, 4.69) is 34.3 Å². The van der Waals surface area contributed by atoms with Gasteiger partial charge in [-0.15, -0.1) is 0 Å². The van der Waals surface area contributed by atoms with Gasteiger partial charge < -0.3 is 19.7 Å². The molecule has 160 valence electrons. The maximum Gasteiger partial charge on any atom is 0.317 e. The molecule has 0 aromatic heterocycles. The minimum atomic E-state index is -0.188. The SMILES string of the molecule is CNC(=O)N(CC=O)CCCCCSNC1(c2cccc(OCC3CC3)c2)CC1. The predicted molar refractivity (Wildman–Crippen MR) is 117 cm³/mol. The van der Waals surface area contributed by atoms with E-state index in [0.717, 1.165) is 49.6 Å². The van der Waals surface area contributed by atoms with Gasteiger partial charge >= 0.3 is 6.03 Å². The van der Waals surface area contributed by atoms with E-state index in [1.807, 2.05) is 0 Å². The molecule has 0 radical (unpaired) electrons. The second kappa shape index (κ2) is 10.9. The van der Waals surface area contributed by atoms with Gasteiger partial charge in [-0.1, -0.05) is 30.5 Å². The maximum absolute atomic E-state index is 11.7. The molecular formula is C22H33N3O3S. The molecule has 6 nitrogen and oxygen atoms in total. The summed E-state index contributed by atoms with van der Waals surface area (Å²) < 4.78 is 9.61. The van der Waals surface area contributed by atoms with Crippen LogP contribution < -0.4 is 14.8 Å². The lowest BCUT2D eigenvalue weighted by Crippen LogP contribution is -2.39. The molecule has 3 rings (SSSR count). The topological polar surface area (TPSA) is 70.7 Å². The highest BCUT2D eigenvalue weighted by Crippen LogP contribution is 2.47. The van der Waals surface area contributed by atoms with Gasteiger partial charge in [0.1, 0.15) is 12.0 Å². The molecule has 2 aliphatic carbocycles. The second-order valence-corrected chi connectivity index (χ2v) is 8.94. The van der Waals surface area contributed by atoms with Crippen molar-refractivity contribution in [2.75, 3.05) is 32.5 Å². The van der Waals surface area contributed by atoms with Crippen LogP contribution in [0.1, 0.15) is 50.5 Å². The Morgan fingerprint density at radius 3 is 2.83 bits per heavy atom. The van der Waals surface area contributed by atoms with Crippen LogP contribution in [0.15, 0.2) is 24.3 Å². The van der Waals surface area contributed by atoms with Crippen LogP contribution in [0.5, 0.6) is 5.75 Å². The van der Waals surface area contributed by atoms with Crippen molar-refractivity contribution in [1.82, 2.24) is 14.9 Å². The molecule has 29 heavy (non-hydrogen) atoms. The molecule has 1 aromatic rings. The number of hydrogen-bond acceptors (Lipinski definition) is 5. The Balaban J connectivity index is 1.32. The van der Waals surface area contributed by atoms with E-state index in [9.17, 15) is 9.59 Å². The van der Waals surface area contributed by atoms with Gasteiger partial charge in [-0.25, -0.2) is 4.79 Å². The van der Waals surface area contributed by atoms with Crippen LogP contribution in [-0.2, 0) is 10.3 Å². The number of benzene rings is 1. The van der Waals surface area contributed by atoms with E-state index in [-0.39, 0.29) is 18.1 Å². The third-order valence-electron chi connectivity index (χ3n) is 5.56. The first kappa shape index (κ1) is 22.0. The predicted octanol–water partition coefficient (Wildman–Crippen LogP) is 3.71. The van der Waals surface area contributed by atoms with Crippen molar-refractivity contribution in [2.45, 2.75) is 50.5 Å². The molecule has 2 amide bonds. The van der Waals surface area contributed by atoms with Crippen LogP contribution in [0.25, 0.3) is 0 Å². The van der Waals surface area contributed by atoms with Gasteiger partial charge in [-0.05, 0) is 62.1 Å². The van der Waals surface area contributed by atoms with Crippen LogP contribution >= 0.6 is 11.9 Å². The normalized spacial score (nSPS) is 16.9. The molecular weight excluding hydrogens is 386 g/mol. The average Bonchev–Trinajstić information content (AvgIpc) is 3.66. The second-order valence-electron chi connectivity index (χ2n) is 8.04. The molecule has 7 heteroatoms. The van der Waals surface area contributed by atoms with Crippen molar-refractivity contribution in [3.8, 4) is 5.75 Å². The number of hydrogen-bond donors (Lipinski definition) is 2. The van der Waals surface area contributed by atoms with E-state index in [1.54, 1.807) is 23.9 Å². The summed E-state index contributed by atoms with van der Waals surface area (Å²) in [5.41, 5.74) is 1.43. The number of ether oxygens (including phenoxy) is 1. The molecule has 2 aliphatic rings. The molecule has 2 N–H and O–H groups in total. The van der Waals surface area contributed by atoms with E-state index in [0.29, 0.717) is 6.54 Å². The highest BCUT2D eigenvalue weighted by molar-refractivity contribution is 7.97. The van der Waals surface area contributed by atoms with Gasteiger partial charge in [-0.2, -0.15) is 0 Å². The van der Waals surface area contributed by atoms with Crippen LogP contribution in [0.2, 0.25) is 0 Å². The smallest absolute Gasteiger partial charge is 0.317 e. The lowest BCUT2D eigenvalue weighted by molar-refractivity contribution is -0.108. The fourth-order valence-corrected chi connectivity index (χ4v) is 4.37. The fraction of sp³-hybridized carbons (Fsp3) is 0.636. The van der Waals surface area contributed by atoms with Crippen molar-refractivity contribution in [3.63, 3.8) is 0 Å². The van der Waals surface area contributed by atoms with E-state index >= 15 is 0 Å². The Morgan fingerprint density at radius 1 is 1.31 bits per heavy atom. The number of nitrogens with zero attached hydrogens (tertiary/aromatic N) is 1. The Kier molecular flexibility index (Phi) is 8.24. The first-order valence-electron chi connectivity index (χ1n) is 10.7. The van der Waals surface area contributed by atoms with Crippen molar-refractivity contribution in [1.29, 1.82) is 0 Å². The molecule has 0 heterocycles. The van der Waals surface area contributed by atoms with Gasteiger partial charge in [0.05, 0.1) is 18.7 Å². The summed E-state index contributed by atoms with van der Waals surface area (Å²) in [5.74, 6) is 2.79. The lowest BCUT2D eigenvalue weighted by Gasteiger charge is -2.20. The summed E-state index contributed by atoms with van der Waals surface area (Å²) in [6, 6.07) is 8.37. The Hall–Kier alpha value is -1.73. The summed E-state index contributed by atoms with van der Waals surface area (Å²) in [7, 11) is 1.59. The number of carbonyl (C=O) groups is 2. The van der Waals surface area contributed by atoms with Crippen molar-refractivity contribution < 1.29 is 14.3 Å². The zero-order valence-corrected chi connectivity index (χ0v) is 18.1. The molecule has 0 atom stereocenters. The van der Waals surface area contributed by atoms with Crippen LogP contribution in [0.3, 0.4) is 0 Å². The number of carbonyl (C=O) groups excluding carboxylic acids is 2. The number of amides is 2. The number of urea groups is 1. The minimum absolute atomic E-state index is 0.101. The standard InChI is InChI=1S/C22H33N3O3S/c1-23-21(27)25(13-14-26)12-3-2-4-15-29-24-22(10-11-22)19-6-5-7-20(16-19)28-17-18-8-9-18/h5-7,14,16,18,24H,2-4,8-13,15,17H2,1H3,(H,23,27). The van der Waals surface area contributed by atoms with Gasteiger partial charge in [-0.3, -0.25) is 4.72 Å². The van der Waals surface area contributed by atoms with Crippen molar-refractivity contribution in [2.24, 2.45) is 5.92 Å². The van der Waals surface area contributed by atoms with Gasteiger partial charge in [0, 0.05) is 19.3 Å². The van der Waals surface area contributed by atoms with Crippen LogP contribution in [0.4, 0.5) is 4.79 Å². The molecule has 0 saturated heterocycles. The lowest BCUT2D eigenvalue weighted by atomic mass is 10.1. The minimum Gasteiger partial charge on any atom is -0.493 e. The number of nitrogens with one attached hydrogen (secondary N) is 2. The van der Waals surface area contributed by atoms with E-state index < -0.39 is 0 Å². The number of rotatable bonds is 14. The summed E-state index contributed by atoms with van der Waals surface area (Å²) in [6.07, 6.45) is 8.76. The largest absolute Gasteiger partial charge is 0.493 e. The number of aldehydes is 1. The Labute approximate surface area is 178 Å². The molecule has 0 aliphatic heterocycles. The first-order valence-corrected chi connectivity index (χ1v) is 11.7. The molecule has 2 fully saturated rings. The quantitative estimate of drug-likeness (QED) is 0.273. The van der Waals surface area contributed by atoms with Crippen LogP contribution in [-0.4, -0.2) is 49.7 Å². The maximum atomic E-state index is 11.7. The Morgan fingerprint density at radius 2 is 2.14 bits per heavy atom. The zero-order valence-electron chi connectivity index (χ0n) is 17.3. The summed E-state index contributed by atoms with van der Waals surface area (Å²) in [5, 5.41) is 2.58. The van der Waals surface area contributed by atoms with Gasteiger partial charge in [0.25, 0.3) is 0 Å². The highest BCUT2D eigenvalue weighted by atomic mass is 32.2. The van der Waals surface area contributed by atoms with Gasteiger partial charge in [0.2, 0.25) is 0 Å². The summed E-state index contributed by atoms with van der Waals surface area (Å²) in [6.45, 7) is 1.62. The first-order chi connectivity index (χ1) is 14.2. The zero-order chi connectivity index (χ0) is 20.5. The summed E-state index contributed by atoms with van der Waals surface area (Å²) >= 11 is 1.79. The van der Waals surface area contributed by atoms with E-state index in [1.165, 1.54) is 31.2 Å². The molecule has 0 unspecified atom stereocenters.